The minimum absolute atomic E-state index is 0.172. The Morgan fingerprint density at radius 3 is 2.50 bits per heavy atom. The van der Waals surface area contributed by atoms with E-state index in [1.54, 1.807) is 30.1 Å². The van der Waals surface area contributed by atoms with Gasteiger partial charge in [-0.3, -0.25) is 4.79 Å². The first-order chi connectivity index (χ1) is 16.2. The molecule has 3 unspecified atom stereocenters. The van der Waals surface area contributed by atoms with Crippen molar-refractivity contribution in [3.8, 4) is 0 Å². The topological polar surface area (TPSA) is 57.8 Å². The molecule has 9 heteroatoms. The van der Waals surface area contributed by atoms with Gasteiger partial charge in [-0.05, 0) is 37.0 Å². The smallest absolute Gasteiger partial charge is 0.255 e. The Kier molecular flexibility index (Phi) is 9.08. The molecule has 0 aliphatic heterocycles. The third-order valence-corrected chi connectivity index (χ3v) is 7.50. The van der Waals surface area contributed by atoms with Crippen LogP contribution in [0, 0.1) is 23.4 Å². The summed E-state index contributed by atoms with van der Waals surface area (Å²) in [5.74, 6) is -3.27. The van der Waals surface area contributed by atoms with Gasteiger partial charge in [0.2, 0.25) is 0 Å². The Hall–Kier alpha value is -2.45. The van der Waals surface area contributed by atoms with Crippen LogP contribution in [-0.2, 0) is 0 Å². The van der Waals surface area contributed by atoms with Crippen molar-refractivity contribution in [3.05, 3.63) is 76.6 Å². The van der Waals surface area contributed by atoms with E-state index < -0.39 is 23.4 Å². The fourth-order valence-electron chi connectivity index (χ4n) is 3.89. The number of hydrogen-bond acceptors (Lipinski definition) is 3. The molecule has 0 radical (unpaired) electrons. The summed E-state index contributed by atoms with van der Waals surface area (Å²) >= 11 is 8.01. The van der Waals surface area contributed by atoms with Crippen molar-refractivity contribution in [1.82, 2.24) is 9.97 Å². The molecule has 1 amide bonds. The standard InChI is InChI=1S/C25H27ClF3N3OS/c1-4-5-16(10-14(2)24-30-8-9-31-24)15(3)34-22-11-17(6-7-19(22)26)25(33)32-18-12-20(27)23(29)21(28)13-18/h6-9,11-16H,4-5,10H2,1-3H3,(H,30,31)(H,32,33). The Balaban J connectivity index is 1.73. The SMILES string of the molecule is CCCC(CC(C)c1ncc[nH]1)C(C)Sc1cc(C(=O)Nc2cc(F)c(F)c(F)c2)ccc1Cl. The first kappa shape index (κ1) is 26.2. The van der Waals surface area contributed by atoms with E-state index in [4.69, 9.17) is 11.6 Å². The number of benzene rings is 2. The molecule has 0 bridgehead atoms. The summed E-state index contributed by atoms with van der Waals surface area (Å²) in [6, 6.07) is 6.29. The number of nitrogens with zero attached hydrogens (tertiary/aromatic N) is 1. The summed E-state index contributed by atoms with van der Waals surface area (Å²) in [5.41, 5.74) is 0.106. The van der Waals surface area contributed by atoms with Crippen molar-refractivity contribution >= 4 is 35.0 Å². The molecule has 0 saturated heterocycles. The van der Waals surface area contributed by atoms with E-state index in [1.807, 2.05) is 6.20 Å². The molecule has 4 nitrogen and oxygen atoms in total. The molecule has 3 rings (SSSR count). The maximum Gasteiger partial charge on any atom is 0.255 e. The van der Waals surface area contributed by atoms with Gasteiger partial charge in [-0.1, -0.05) is 38.8 Å². The summed E-state index contributed by atoms with van der Waals surface area (Å²) < 4.78 is 40.1. The van der Waals surface area contributed by atoms with Crippen LogP contribution >= 0.6 is 23.4 Å². The van der Waals surface area contributed by atoms with E-state index in [0.29, 0.717) is 10.9 Å². The molecular weight excluding hydrogens is 483 g/mol. The van der Waals surface area contributed by atoms with Gasteiger partial charge in [-0.25, -0.2) is 18.2 Å². The number of amides is 1. The van der Waals surface area contributed by atoms with Crippen molar-refractivity contribution < 1.29 is 18.0 Å². The number of aromatic nitrogens is 2. The van der Waals surface area contributed by atoms with Crippen molar-refractivity contribution in [2.24, 2.45) is 5.92 Å². The minimum Gasteiger partial charge on any atom is -0.348 e. The number of halogens is 4. The first-order valence-corrected chi connectivity index (χ1v) is 12.4. The van der Waals surface area contributed by atoms with Gasteiger partial charge in [0.05, 0.1) is 5.02 Å². The monoisotopic (exact) mass is 509 g/mol. The zero-order chi connectivity index (χ0) is 24.8. The predicted octanol–water partition coefficient (Wildman–Crippen LogP) is 7.82. The van der Waals surface area contributed by atoms with Gasteiger partial charge in [-0.15, -0.1) is 11.8 Å². The summed E-state index contributed by atoms with van der Waals surface area (Å²) in [4.78, 5) is 21.0. The average Bonchev–Trinajstić information content (AvgIpc) is 3.33. The fourth-order valence-corrected chi connectivity index (χ4v) is 5.36. The summed E-state index contributed by atoms with van der Waals surface area (Å²) in [6.07, 6.45) is 6.61. The number of hydrogen-bond donors (Lipinski definition) is 2. The highest BCUT2D eigenvalue weighted by Gasteiger charge is 2.23. The molecule has 34 heavy (non-hydrogen) atoms. The Morgan fingerprint density at radius 1 is 1.18 bits per heavy atom. The number of anilines is 1. The number of H-pyrrole nitrogens is 1. The molecule has 3 atom stereocenters. The molecule has 0 fully saturated rings. The van der Waals surface area contributed by atoms with E-state index in [9.17, 15) is 18.0 Å². The molecule has 2 N–H and O–H groups in total. The second-order valence-electron chi connectivity index (χ2n) is 8.34. The maximum atomic E-state index is 13.5. The largest absolute Gasteiger partial charge is 0.348 e. The second kappa shape index (κ2) is 11.8. The molecule has 0 saturated carbocycles. The number of nitrogens with one attached hydrogen (secondary N) is 2. The zero-order valence-electron chi connectivity index (χ0n) is 19.2. The van der Waals surface area contributed by atoms with E-state index in [-0.39, 0.29) is 22.4 Å². The highest BCUT2D eigenvalue weighted by Crippen LogP contribution is 2.38. The number of imidazole rings is 1. The third kappa shape index (κ3) is 6.57. The zero-order valence-corrected chi connectivity index (χ0v) is 20.7. The molecule has 0 aliphatic carbocycles. The Bertz CT molecular complexity index is 1100. The lowest BCUT2D eigenvalue weighted by molar-refractivity contribution is 0.102. The summed E-state index contributed by atoms with van der Waals surface area (Å²) in [7, 11) is 0. The van der Waals surface area contributed by atoms with Gasteiger partial charge in [-0.2, -0.15) is 0 Å². The summed E-state index contributed by atoms with van der Waals surface area (Å²) in [6.45, 7) is 6.45. The van der Waals surface area contributed by atoms with Crippen LogP contribution in [0.1, 0.15) is 62.1 Å². The van der Waals surface area contributed by atoms with Crippen LogP contribution in [0.5, 0.6) is 0 Å². The lowest BCUT2D eigenvalue weighted by Gasteiger charge is -2.26. The van der Waals surface area contributed by atoms with Crippen molar-refractivity contribution in [1.29, 1.82) is 0 Å². The van der Waals surface area contributed by atoms with Crippen LogP contribution in [0.25, 0.3) is 0 Å². The molecule has 1 heterocycles. The van der Waals surface area contributed by atoms with Gasteiger partial charge < -0.3 is 10.3 Å². The van der Waals surface area contributed by atoms with E-state index in [0.717, 1.165) is 42.1 Å². The molecule has 3 aromatic rings. The number of aromatic amines is 1. The van der Waals surface area contributed by atoms with Crippen LogP contribution in [-0.4, -0.2) is 21.1 Å². The maximum absolute atomic E-state index is 13.5. The number of carbonyl (C=O) groups excluding carboxylic acids is 1. The van der Waals surface area contributed by atoms with Gasteiger partial charge in [0.15, 0.2) is 17.5 Å². The van der Waals surface area contributed by atoms with Crippen LogP contribution in [0.3, 0.4) is 0 Å². The fraction of sp³-hybridized carbons (Fsp3) is 0.360. The van der Waals surface area contributed by atoms with Gasteiger partial charge in [0.1, 0.15) is 5.82 Å². The van der Waals surface area contributed by atoms with Crippen molar-refractivity contribution in [2.45, 2.75) is 56.1 Å². The van der Waals surface area contributed by atoms with Gasteiger partial charge in [0, 0.05) is 51.8 Å². The normalized spacial score (nSPS) is 14.0. The van der Waals surface area contributed by atoms with Crippen molar-refractivity contribution in [2.75, 3.05) is 5.32 Å². The van der Waals surface area contributed by atoms with Gasteiger partial charge in [0.25, 0.3) is 5.91 Å². The Labute approximate surface area is 206 Å². The molecule has 0 aliphatic rings. The predicted molar refractivity (Wildman–Crippen MR) is 131 cm³/mol. The first-order valence-electron chi connectivity index (χ1n) is 11.1. The minimum atomic E-state index is -1.58. The Morgan fingerprint density at radius 2 is 1.88 bits per heavy atom. The lowest BCUT2D eigenvalue weighted by Crippen LogP contribution is -2.17. The van der Waals surface area contributed by atoms with Crippen LogP contribution < -0.4 is 5.32 Å². The quantitative estimate of drug-likeness (QED) is 0.216. The third-order valence-electron chi connectivity index (χ3n) is 5.71. The molecule has 1 aromatic heterocycles. The highest BCUT2D eigenvalue weighted by molar-refractivity contribution is 8.00. The molecule has 0 spiro atoms. The number of carbonyl (C=O) groups is 1. The van der Waals surface area contributed by atoms with Crippen LogP contribution in [0.2, 0.25) is 5.02 Å². The second-order valence-corrected chi connectivity index (χ2v) is 10.2. The van der Waals surface area contributed by atoms with Crippen LogP contribution in [0.15, 0.2) is 47.6 Å². The molecular formula is C25H27ClF3N3OS. The van der Waals surface area contributed by atoms with E-state index in [2.05, 4.69) is 36.1 Å². The van der Waals surface area contributed by atoms with E-state index in [1.165, 1.54) is 6.07 Å². The summed E-state index contributed by atoms with van der Waals surface area (Å²) in [5, 5.41) is 3.14. The lowest BCUT2D eigenvalue weighted by atomic mass is 9.89. The van der Waals surface area contributed by atoms with Gasteiger partial charge >= 0.3 is 0 Å². The average molecular weight is 510 g/mol. The number of thioether (sulfide) groups is 1. The molecule has 182 valence electrons. The van der Waals surface area contributed by atoms with Crippen LogP contribution in [0.4, 0.5) is 18.9 Å². The highest BCUT2D eigenvalue weighted by atomic mass is 35.5. The number of rotatable bonds is 10. The van der Waals surface area contributed by atoms with E-state index >= 15 is 0 Å². The molecule has 2 aromatic carbocycles. The van der Waals surface area contributed by atoms with Crippen molar-refractivity contribution in [3.63, 3.8) is 0 Å².